The Bertz CT molecular complexity index is 3420. The lowest BCUT2D eigenvalue weighted by Crippen LogP contribution is -2.12. The average Bonchev–Trinajstić information content (AvgIpc) is 3.93. The molecule has 4 aromatic heterocycles. The van der Waals surface area contributed by atoms with Gasteiger partial charge in [0, 0.05) is 58.4 Å². The minimum absolute atomic E-state index is 0.0295. The van der Waals surface area contributed by atoms with Gasteiger partial charge < -0.3 is 24.2 Å². The van der Waals surface area contributed by atoms with Crippen molar-refractivity contribution < 1.29 is 24.2 Å². The molecule has 11 aromatic rings. The third kappa shape index (κ3) is 4.86. The topological polar surface area (TPSA) is 126 Å². The van der Waals surface area contributed by atoms with Gasteiger partial charge in [-0.25, -0.2) is 15.0 Å². The number of aromatic hydroxyl groups is 2. The number of para-hydroxylation sites is 1. The second-order valence-corrected chi connectivity index (χ2v) is 14.8. The van der Waals surface area contributed by atoms with Gasteiger partial charge in [0.25, 0.3) is 0 Å². The Balaban J connectivity index is 1.09. The minimum Gasteiger partial charge on any atom is -0.509 e. The second kappa shape index (κ2) is 12.3. The Hall–Kier alpha value is -7.01. The molecule has 0 aliphatic heterocycles. The molecule has 0 aliphatic rings. The van der Waals surface area contributed by atoms with E-state index in [1.54, 1.807) is 11.3 Å². The van der Waals surface area contributed by atoms with Crippen LogP contribution in [0.4, 0.5) is 0 Å². The van der Waals surface area contributed by atoms with Crippen molar-refractivity contribution >= 4 is 88.7 Å². The fourth-order valence-electron chi connectivity index (χ4n) is 7.82. The molecule has 0 amide bonds. The number of aliphatic hydroxyl groups excluding tert-OH is 1. The zero-order valence-corrected chi connectivity index (χ0v) is 30.1. The zero-order chi connectivity index (χ0) is 37.7. The van der Waals surface area contributed by atoms with Gasteiger partial charge in [0.1, 0.15) is 41.7 Å². The van der Waals surface area contributed by atoms with Gasteiger partial charge in [-0.1, -0.05) is 78.9 Å². The van der Waals surface area contributed by atoms with Crippen LogP contribution in [0.3, 0.4) is 0 Å². The first-order valence-electron chi connectivity index (χ1n) is 17.9. The third-order valence-corrected chi connectivity index (χ3v) is 11.8. The van der Waals surface area contributed by atoms with Crippen LogP contribution in [0.25, 0.3) is 109 Å². The van der Waals surface area contributed by atoms with E-state index in [-0.39, 0.29) is 33.9 Å². The molecule has 2 radical (unpaired) electrons. The summed E-state index contributed by atoms with van der Waals surface area (Å²) in [5.41, 5.74) is 6.30. The molecule has 0 saturated heterocycles. The average molecular weight is 744 g/mol. The number of hydrogen-bond acceptors (Lipinski definition) is 9. The number of phenolic OH excluding ortho intramolecular Hbond substituents is 1. The first-order chi connectivity index (χ1) is 27.4. The van der Waals surface area contributed by atoms with E-state index in [1.807, 2.05) is 66.7 Å². The van der Waals surface area contributed by atoms with Crippen LogP contribution >= 0.6 is 11.3 Å². The minimum atomic E-state index is -0.603. The zero-order valence-electron chi connectivity index (χ0n) is 29.3. The Morgan fingerprint density at radius 2 is 1.21 bits per heavy atom. The molecule has 3 N–H and O–H groups in total. The number of aliphatic hydroxyl groups is 1. The number of aromatic nitrogens is 3. The van der Waals surface area contributed by atoms with Gasteiger partial charge in [0.2, 0.25) is 0 Å². The van der Waals surface area contributed by atoms with Crippen LogP contribution in [-0.2, 0) is 6.61 Å². The van der Waals surface area contributed by atoms with Crippen LogP contribution in [0.2, 0.25) is 0 Å². The molecule has 10 heteroatoms. The van der Waals surface area contributed by atoms with E-state index in [1.165, 1.54) is 31.8 Å². The number of furan rings is 2. The van der Waals surface area contributed by atoms with Crippen molar-refractivity contribution in [1.29, 1.82) is 0 Å². The maximum absolute atomic E-state index is 11.3. The summed E-state index contributed by atoms with van der Waals surface area (Å²) in [6.07, 6.45) is 0. The highest BCUT2D eigenvalue weighted by atomic mass is 32.1. The van der Waals surface area contributed by atoms with Crippen LogP contribution in [0, 0.1) is 0 Å². The highest BCUT2D eigenvalue weighted by molar-refractivity contribution is 7.26. The van der Waals surface area contributed by atoms with Crippen molar-refractivity contribution in [3.63, 3.8) is 0 Å². The Morgan fingerprint density at radius 1 is 0.536 bits per heavy atom. The summed E-state index contributed by atoms with van der Waals surface area (Å²) in [4.78, 5) is 14.6. The summed E-state index contributed by atoms with van der Waals surface area (Å²) in [5, 5.41) is 38.2. The molecule has 4 heterocycles. The van der Waals surface area contributed by atoms with Crippen molar-refractivity contribution in [3.8, 4) is 56.8 Å². The number of rotatable bonds is 5. The van der Waals surface area contributed by atoms with E-state index in [0.29, 0.717) is 33.9 Å². The third-order valence-electron chi connectivity index (χ3n) is 10.5. The second-order valence-electron chi connectivity index (χ2n) is 13.7. The van der Waals surface area contributed by atoms with Gasteiger partial charge in [-0.3, -0.25) is 0 Å². The van der Waals surface area contributed by atoms with Gasteiger partial charge in [-0.2, -0.15) is 0 Å². The van der Waals surface area contributed by atoms with E-state index in [2.05, 4.69) is 54.6 Å². The van der Waals surface area contributed by atoms with Gasteiger partial charge in [-0.05, 0) is 65.1 Å². The van der Waals surface area contributed by atoms with E-state index >= 15 is 0 Å². The fourth-order valence-corrected chi connectivity index (χ4v) is 9.06. The van der Waals surface area contributed by atoms with Gasteiger partial charge in [0.05, 0.1) is 12.2 Å². The molecule has 11 rings (SSSR count). The molecular formula is C46H26BN3O5S. The van der Waals surface area contributed by atoms with Gasteiger partial charge in [0.15, 0.2) is 17.5 Å². The first-order valence-corrected chi connectivity index (χ1v) is 18.7. The predicted octanol–water partition coefficient (Wildman–Crippen LogP) is 10.4. The number of phenols is 2. The lowest BCUT2D eigenvalue weighted by atomic mass is 9.87. The van der Waals surface area contributed by atoms with Crippen LogP contribution in [0.15, 0.2) is 136 Å². The van der Waals surface area contributed by atoms with Crippen LogP contribution in [0.1, 0.15) is 5.56 Å². The molecule has 7 aromatic carbocycles. The molecule has 56 heavy (non-hydrogen) atoms. The van der Waals surface area contributed by atoms with Crippen LogP contribution in [-0.4, -0.2) is 38.1 Å². The smallest absolute Gasteiger partial charge is 0.167 e. The summed E-state index contributed by atoms with van der Waals surface area (Å²) in [6.45, 7) is -0.603. The summed E-state index contributed by atoms with van der Waals surface area (Å²) < 4.78 is 15.1. The monoisotopic (exact) mass is 743 g/mol. The standard InChI is InChI=1S/C46H26BN3O5S/c47-41-33(22-51)42(53)32(21-34(41)52)46-49-44(48-45(50-46)30-11-6-13-37-40(30)29-8-1-3-12-35(29)54-37)24-15-17-26-31-19-23(16-18-36(31)55-38(26)20-24)25-9-5-10-28-27-7-2-4-14-39(27)56-43(25)28/h1-21,51-53H,22H2. The van der Waals surface area contributed by atoms with Crippen LogP contribution in [0.5, 0.6) is 11.5 Å². The van der Waals surface area contributed by atoms with E-state index in [0.717, 1.165) is 38.3 Å². The Morgan fingerprint density at radius 3 is 2.09 bits per heavy atom. The highest BCUT2D eigenvalue weighted by Gasteiger charge is 2.22. The molecule has 264 valence electrons. The first kappa shape index (κ1) is 32.4. The lowest BCUT2D eigenvalue weighted by Gasteiger charge is -2.14. The largest absolute Gasteiger partial charge is 0.509 e. The van der Waals surface area contributed by atoms with Crippen molar-refractivity contribution in [2.45, 2.75) is 6.61 Å². The molecule has 0 atom stereocenters. The summed E-state index contributed by atoms with van der Waals surface area (Å²) >= 11 is 1.80. The SMILES string of the molecule is [B]c1c(O)cc(-c2nc(-c3ccc4c(c3)oc3ccc(-c5cccc6c5sc5ccccc56)cc34)nc(-c3cccc4oc5ccccc5c34)n2)c(O)c1CO. The fraction of sp³-hybridized carbons (Fsp3) is 0.0217. The number of fused-ring (bicyclic) bond motifs is 9. The molecule has 0 aliphatic carbocycles. The molecule has 8 nitrogen and oxygen atoms in total. The van der Waals surface area contributed by atoms with Crippen molar-refractivity contribution in [1.82, 2.24) is 15.0 Å². The highest BCUT2D eigenvalue weighted by Crippen LogP contribution is 2.43. The maximum Gasteiger partial charge on any atom is 0.167 e. The molecule has 0 bridgehead atoms. The summed E-state index contributed by atoms with van der Waals surface area (Å²) in [5.74, 6) is 0.0264. The summed E-state index contributed by atoms with van der Waals surface area (Å²) in [7, 11) is 6.01. The van der Waals surface area contributed by atoms with E-state index < -0.39 is 6.61 Å². The van der Waals surface area contributed by atoms with Crippen molar-refractivity contribution in [2.24, 2.45) is 0 Å². The Kier molecular flexibility index (Phi) is 7.10. The molecule has 0 spiro atoms. The predicted molar refractivity (Wildman–Crippen MR) is 224 cm³/mol. The van der Waals surface area contributed by atoms with E-state index in [9.17, 15) is 15.3 Å². The maximum atomic E-state index is 11.3. The molecule has 0 unspecified atom stereocenters. The lowest BCUT2D eigenvalue weighted by molar-refractivity contribution is 0.276. The quantitative estimate of drug-likeness (QED) is 0.118. The van der Waals surface area contributed by atoms with Gasteiger partial charge in [-0.15, -0.1) is 11.3 Å². The number of nitrogens with zero attached hydrogens (tertiary/aromatic N) is 3. The van der Waals surface area contributed by atoms with E-state index in [4.69, 9.17) is 31.6 Å². The number of hydrogen-bond donors (Lipinski definition) is 3. The molecule has 0 fully saturated rings. The van der Waals surface area contributed by atoms with Gasteiger partial charge >= 0.3 is 0 Å². The Labute approximate surface area is 323 Å². The molecular weight excluding hydrogens is 717 g/mol. The number of benzene rings is 7. The van der Waals surface area contributed by atoms with Crippen LogP contribution < -0.4 is 5.46 Å². The summed E-state index contributed by atoms with van der Waals surface area (Å²) in [6, 6.07) is 41.8. The van der Waals surface area contributed by atoms with Crippen molar-refractivity contribution in [3.05, 3.63) is 133 Å². The normalized spacial score (nSPS) is 11.9. The number of thiophene rings is 1. The molecule has 0 saturated carbocycles. The van der Waals surface area contributed by atoms with Crippen molar-refractivity contribution in [2.75, 3.05) is 0 Å².